The number of aliphatic hydroxyl groups is 1. The molecule has 0 amide bonds. The first-order valence-electron chi connectivity index (χ1n) is 10.9. The van der Waals surface area contributed by atoms with Gasteiger partial charge in [-0.2, -0.15) is 10.2 Å². The van der Waals surface area contributed by atoms with Crippen molar-refractivity contribution >= 4 is 38.4 Å². The topological polar surface area (TPSA) is 66.1 Å². The van der Waals surface area contributed by atoms with Crippen LogP contribution in [0.5, 0.6) is 0 Å². The fourth-order valence-electron chi connectivity index (χ4n) is 3.57. The summed E-state index contributed by atoms with van der Waals surface area (Å²) in [4.78, 5) is 9.22. The van der Waals surface area contributed by atoms with Crippen LogP contribution in [0, 0.1) is 27.0 Å². The van der Waals surface area contributed by atoms with Crippen molar-refractivity contribution in [3.8, 4) is 0 Å². The molecule has 1 aromatic heterocycles. The number of azo groups is 1. The Kier molecular flexibility index (Phi) is 8.89. The van der Waals surface area contributed by atoms with E-state index in [4.69, 9.17) is 17.9 Å². The Balaban J connectivity index is 1.82. The van der Waals surface area contributed by atoms with E-state index in [9.17, 15) is 5.11 Å². The highest BCUT2D eigenvalue weighted by molar-refractivity contribution is 7.20. The van der Waals surface area contributed by atoms with Gasteiger partial charge in [0, 0.05) is 18.8 Å². The summed E-state index contributed by atoms with van der Waals surface area (Å²) in [6.45, 7) is 22.2. The molecule has 174 valence electrons. The van der Waals surface area contributed by atoms with E-state index in [1.165, 1.54) is 11.3 Å². The molecule has 0 aliphatic rings. The third-order valence-corrected chi connectivity index (χ3v) is 6.49. The fourth-order valence-corrected chi connectivity index (χ4v) is 4.42. The SMILES string of the molecule is [C-]#[N+]c1sc(N=Nc2ccc(N(CC)CC(OCCO)c3ccccc3)cc2C)c([N+]#[C-])c1C. The summed E-state index contributed by atoms with van der Waals surface area (Å²) in [6, 6.07) is 16.0. The summed E-state index contributed by atoms with van der Waals surface area (Å²) in [5, 5.41) is 18.8. The van der Waals surface area contributed by atoms with Gasteiger partial charge < -0.3 is 14.7 Å². The molecule has 0 saturated carbocycles. The summed E-state index contributed by atoms with van der Waals surface area (Å²) in [7, 11) is 0. The van der Waals surface area contributed by atoms with Gasteiger partial charge in [-0.15, -0.1) is 11.3 Å². The van der Waals surface area contributed by atoms with Crippen molar-refractivity contribution in [3.63, 3.8) is 0 Å². The van der Waals surface area contributed by atoms with Gasteiger partial charge in [-0.1, -0.05) is 37.3 Å². The average molecular weight is 474 g/mol. The van der Waals surface area contributed by atoms with Crippen LogP contribution in [0.2, 0.25) is 0 Å². The maximum atomic E-state index is 9.25. The standard InChI is InChI=1S/C26H27N5O2S/c1-6-31(17-23(33-15-14-32)20-10-8-7-9-11-20)21-12-13-22(18(2)16-21)29-30-26-24(27-4)19(3)25(28-5)34-26/h7-13,16,23,32H,6,14-15,17H2,1-3H3. The lowest BCUT2D eigenvalue weighted by Crippen LogP contribution is -2.30. The Bertz CT molecular complexity index is 1220. The number of aliphatic hydroxyl groups excluding tert-OH is 1. The van der Waals surface area contributed by atoms with Crippen molar-refractivity contribution in [2.24, 2.45) is 10.2 Å². The Morgan fingerprint density at radius 1 is 1.09 bits per heavy atom. The van der Waals surface area contributed by atoms with E-state index < -0.39 is 0 Å². The second-order valence-electron chi connectivity index (χ2n) is 7.61. The largest absolute Gasteiger partial charge is 0.394 e. The number of ether oxygens (including phenoxy) is 1. The zero-order chi connectivity index (χ0) is 24.5. The number of nitrogens with zero attached hydrogens (tertiary/aromatic N) is 5. The lowest BCUT2D eigenvalue weighted by Gasteiger charge is -2.29. The summed E-state index contributed by atoms with van der Waals surface area (Å²) in [5.41, 5.74) is 4.82. The minimum Gasteiger partial charge on any atom is -0.394 e. The highest BCUT2D eigenvalue weighted by Crippen LogP contribution is 2.47. The average Bonchev–Trinajstić information content (AvgIpc) is 3.18. The van der Waals surface area contributed by atoms with E-state index in [2.05, 4.69) is 37.8 Å². The molecule has 1 atom stereocenters. The van der Waals surface area contributed by atoms with Crippen molar-refractivity contribution in [1.82, 2.24) is 0 Å². The lowest BCUT2D eigenvalue weighted by atomic mass is 10.1. The van der Waals surface area contributed by atoms with Crippen LogP contribution in [-0.2, 0) is 4.74 Å². The van der Waals surface area contributed by atoms with E-state index in [-0.39, 0.29) is 19.3 Å². The fraction of sp³-hybridized carbons (Fsp3) is 0.308. The number of anilines is 1. The third kappa shape index (κ3) is 5.86. The molecule has 0 saturated heterocycles. The van der Waals surface area contributed by atoms with Crippen LogP contribution >= 0.6 is 11.3 Å². The number of likely N-dealkylation sites (N-methyl/N-ethyl adjacent to an activating group) is 1. The quantitative estimate of drug-likeness (QED) is 0.245. The number of hydrogen-bond donors (Lipinski definition) is 1. The van der Waals surface area contributed by atoms with Crippen molar-refractivity contribution in [3.05, 3.63) is 88.1 Å². The van der Waals surface area contributed by atoms with E-state index in [1.807, 2.05) is 49.4 Å². The lowest BCUT2D eigenvalue weighted by molar-refractivity contribution is 0.0318. The number of hydrogen-bond acceptors (Lipinski definition) is 6. The molecule has 3 aromatic rings. The smallest absolute Gasteiger partial charge is 0.234 e. The van der Waals surface area contributed by atoms with Gasteiger partial charge >= 0.3 is 0 Å². The first kappa shape index (κ1) is 25.1. The number of rotatable bonds is 10. The summed E-state index contributed by atoms with van der Waals surface area (Å²) >= 11 is 1.19. The van der Waals surface area contributed by atoms with E-state index in [0.717, 1.165) is 23.4 Å². The third-order valence-electron chi connectivity index (χ3n) is 5.43. The number of thiophene rings is 1. The highest BCUT2D eigenvalue weighted by atomic mass is 32.1. The van der Waals surface area contributed by atoms with Crippen LogP contribution in [0.3, 0.4) is 0 Å². The van der Waals surface area contributed by atoms with Gasteiger partial charge in [0.2, 0.25) is 10.7 Å². The van der Waals surface area contributed by atoms with Gasteiger partial charge in [0.15, 0.2) is 0 Å². The Labute approximate surface area is 204 Å². The van der Waals surface area contributed by atoms with Crippen LogP contribution in [0.4, 0.5) is 27.1 Å². The maximum Gasteiger partial charge on any atom is 0.234 e. The van der Waals surface area contributed by atoms with Crippen LogP contribution in [0.25, 0.3) is 9.69 Å². The van der Waals surface area contributed by atoms with Crippen molar-refractivity contribution in [2.45, 2.75) is 26.9 Å². The van der Waals surface area contributed by atoms with Gasteiger partial charge in [-0.3, -0.25) is 0 Å². The minimum atomic E-state index is -0.168. The Morgan fingerprint density at radius 2 is 1.85 bits per heavy atom. The Hall–Kier alpha value is -3.56. The van der Waals surface area contributed by atoms with E-state index in [0.29, 0.717) is 33.5 Å². The van der Waals surface area contributed by atoms with Crippen LogP contribution in [0.15, 0.2) is 58.8 Å². The zero-order valence-corrected chi connectivity index (χ0v) is 20.3. The predicted octanol–water partition coefficient (Wildman–Crippen LogP) is 7.46. The summed E-state index contributed by atoms with van der Waals surface area (Å²) in [5.74, 6) is 0. The first-order chi connectivity index (χ1) is 16.5. The molecule has 7 nitrogen and oxygen atoms in total. The van der Waals surface area contributed by atoms with Gasteiger partial charge in [0.25, 0.3) is 0 Å². The molecule has 0 bridgehead atoms. The molecule has 0 radical (unpaired) electrons. The summed E-state index contributed by atoms with van der Waals surface area (Å²) < 4.78 is 5.95. The normalized spacial score (nSPS) is 11.8. The predicted molar refractivity (Wildman–Crippen MR) is 137 cm³/mol. The molecule has 1 heterocycles. The second kappa shape index (κ2) is 12.1. The Morgan fingerprint density at radius 3 is 2.47 bits per heavy atom. The molecule has 0 aliphatic heterocycles. The molecular formula is C26H27N5O2S. The van der Waals surface area contributed by atoms with Gasteiger partial charge in [-0.05, 0) is 48.7 Å². The van der Waals surface area contributed by atoms with Crippen molar-refractivity contribution < 1.29 is 9.84 Å². The molecule has 0 aliphatic carbocycles. The molecule has 1 unspecified atom stereocenters. The van der Waals surface area contributed by atoms with Crippen LogP contribution in [-0.4, -0.2) is 31.4 Å². The van der Waals surface area contributed by atoms with E-state index >= 15 is 0 Å². The molecule has 0 spiro atoms. The molecule has 34 heavy (non-hydrogen) atoms. The van der Waals surface area contributed by atoms with Crippen LogP contribution < -0.4 is 4.90 Å². The van der Waals surface area contributed by atoms with E-state index in [1.54, 1.807) is 6.92 Å². The van der Waals surface area contributed by atoms with Gasteiger partial charge in [-0.25, -0.2) is 9.69 Å². The zero-order valence-electron chi connectivity index (χ0n) is 19.5. The first-order valence-corrected chi connectivity index (χ1v) is 11.8. The second-order valence-corrected chi connectivity index (χ2v) is 8.59. The van der Waals surface area contributed by atoms with Crippen molar-refractivity contribution in [2.75, 3.05) is 31.2 Å². The van der Waals surface area contributed by atoms with Crippen molar-refractivity contribution in [1.29, 1.82) is 0 Å². The minimum absolute atomic E-state index is 0.0232. The maximum absolute atomic E-state index is 9.25. The van der Waals surface area contributed by atoms with Gasteiger partial charge in [0.1, 0.15) is 11.1 Å². The molecule has 0 fully saturated rings. The molecule has 8 heteroatoms. The summed E-state index contributed by atoms with van der Waals surface area (Å²) in [6.07, 6.45) is -0.168. The number of aryl methyl sites for hydroxylation is 1. The molecule has 1 N–H and O–H groups in total. The monoisotopic (exact) mass is 473 g/mol. The van der Waals surface area contributed by atoms with Crippen LogP contribution in [0.1, 0.15) is 29.7 Å². The molecule has 2 aromatic carbocycles. The molecular weight excluding hydrogens is 446 g/mol. The molecule has 3 rings (SSSR count). The number of benzene rings is 2. The van der Waals surface area contributed by atoms with Gasteiger partial charge in [0.05, 0.1) is 32.0 Å². The highest BCUT2D eigenvalue weighted by Gasteiger charge is 2.18.